The first kappa shape index (κ1) is 20.4. The maximum atomic E-state index is 12.6. The van der Waals surface area contributed by atoms with Gasteiger partial charge in [-0.3, -0.25) is 9.36 Å². The zero-order valence-electron chi connectivity index (χ0n) is 16.7. The molecule has 4 rings (SSSR count). The van der Waals surface area contributed by atoms with Gasteiger partial charge in [-0.25, -0.2) is 0 Å². The molecule has 0 spiro atoms. The highest BCUT2D eigenvalue weighted by molar-refractivity contribution is 7.99. The minimum absolute atomic E-state index is 0.0559. The molecule has 0 saturated carbocycles. The number of carbonyl (C=O) groups is 1. The number of Topliss-reactive ketones (excluding diaryl/α,β-unsaturated/α-hetero) is 1. The van der Waals surface area contributed by atoms with Crippen molar-refractivity contribution in [1.82, 2.24) is 14.8 Å². The third-order valence-corrected chi connectivity index (χ3v) is 5.91. The van der Waals surface area contributed by atoms with E-state index in [1.165, 1.54) is 11.8 Å². The van der Waals surface area contributed by atoms with Crippen LogP contribution < -0.4 is 0 Å². The standard InChI is InChI=1S/C24H20ClN3OS/c1-16-11-12-17(2)21(13-16)28-23(19-9-6-10-20(25)14-19)26-27-24(28)30-15-22(29)18-7-4-3-5-8-18/h3-14H,15H2,1-2H3. The van der Waals surface area contributed by atoms with Crippen molar-refractivity contribution in [1.29, 1.82) is 0 Å². The maximum Gasteiger partial charge on any atom is 0.196 e. The van der Waals surface area contributed by atoms with Gasteiger partial charge in [-0.1, -0.05) is 78.0 Å². The Labute approximate surface area is 184 Å². The minimum Gasteiger partial charge on any atom is -0.293 e. The van der Waals surface area contributed by atoms with Crippen LogP contribution in [0.4, 0.5) is 0 Å². The Morgan fingerprint density at radius 3 is 2.53 bits per heavy atom. The molecule has 150 valence electrons. The maximum absolute atomic E-state index is 12.6. The number of hydrogen-bond acceptors (Lipinski definition) is 4. The van der Waals surface area contributed by atoms with E-state index in [9.17, 15) is 4.79 Å². The lowest BCUT2D eigenvalue weighted by Gasteiger charge is -2.14. The van der Waals surface area contributed by atoms with Crippen molar-refractivity contribution in [2.45, 2.75) is 19.0 Å². The Morgan fingerprint density at radius 2 is 1.77 bits per heavy atom. The van der Waals surface area contributed by atoms with E-state index >= 15 is 0 Å². The summed E-state index contributed by atoms with van der Waals surface area (Å²) in [5.74, 6) is 1.03. The third kappa shape index (κ3) is 4.32. The minimum atomic E-state index is 0.0559. The van der Waals surface area contributed by atoms with E-state index in [0.29, 0.717) is 21.6 Å². The zero-order valence-corrected chi connectivity index (χ0v) is 18.2. The van der Waals surface area contributed by atoms with Gasteiger partial charge in [0.05, 0.1) is 11.4 Å². The molecule has 0 bridgehead atoms. The number of nitrogens with zero attached hydrogens (tertiary/aromatic N) is 3. The summed E-state index contributed by atoms with van der Waals surface area (Å²) in [6.07, 6.45) is 0. The van der Waals surface area contributed by atoms with Crippen LogP contribution in [0.5, 0.6) is 0 Å². The van der Waals surface area contributed by atoms with Crippen LogP contribution in [-0.4, -0.2) is 26.3 Å². The lowest BCUT2D eigenvalue weighted by Crippen LogP contribution is -2.06. The van der Waals surface area contributed by atoms with Crippen molar-refractivity contribution in [3.8, 4) is 17.1 Å². The van der Waals surface area contributed by atoms with Crippen LogP contribution in [0.3, 0.4) is 0 Å². The molecule has 1 aromatic heterocycles. The van der Waals surface area contributed by atoms with E-state index in [4.69, 9.17) is 11.6 Å². The summed E-state index contributed by atoms with van der Waals surface area (Å²) < 4.78 is 2.01. The van der Waals surface area contributed by atoms with Crippen LogP contribution in [-0.2, 0) is 0 Å². The van der Waals surface area contributed by atoms with Gasteiger partial charge < -0.3 is 0 Å². The summed E-state index contributed by atoms with van der Waals surface area (Å²) in [5, 5.41) is 10.2. The highest BCUT2D eigenvalue weighted by atomic mass is 35.5. The van der Waals surface area contributed by atoms with E-state index in [2.05, 4.69) is 42.2 Å². The summed E-state index contributed by atoms with van der Waals surface area (Å²) in [5.41, 5.74) is 4.79. The molecule has 0 aliphatic heterocycles. The SMILES string of the molecule is Cc1ccc(C)c(-n2c(SCC(=O)c3ccccc3)nnc2-c2cccc(Cl)c2)c1. The summed E-state index contributed by atoms with van der Waals surface area (Å²) in [4.78, 5) is 12.6. The first-order valence-corrected chi connectivity index (χ1v) is 10.9. The number of thioether (sulfide) groups is 1. The second kappa shape index (κ2) is 8.86. The van der Waals surface area contributed by atoms with E-state index in [1.807, 2.05) is 59.2 Å². The molecule has 0 aliphatic carbocycles. The predicted molar refractivity (Wildman–Crippen MR) is 123 cm³/mol. The Hall–Kier alpha value is -2.89. The van der Waals surface area contributed by atoms with Crippen molar-refractivity contribution in [2.24, 2.45) is 0 Å². The summed E-state index contributed by atoms with van der Waals surface area (Å²) in [6, 6.07) is 23.1. The van der Waals surface area contributed by atoms with Crippen LogP contribution in [0.2, 0.25) is 5.02 Å². The van der Waals surface area contributed by atoms with Gasteiger partial charge in [0.1, 0.15) is 0 Å². The van der Waals surface area contributed by atoms with E-state index in [-0.39, 0.29) is 11.5 Å². The molecule has 0 aliphatic rings. The number of ketones is 1. The number of benzene rings is 3. The van der Waals surface area contributed by atoms with Crippen LogP contribution in [0.25, 0.3) is 17.1 Å². The Morgan fingerprint density at radius 1 is 0.967 bits per heavy atom. The molecular formula is C24H20ClN3OS. The number of carbonyl (C=O) groups excluding carboxylic acids is 1. The molecule has 30 heavy (non-hydrogen) atoms. The normalized spacial score (nSPS) is 10.9. The summed E-state index contributed by atoms with van der Waals surface area (Å²) in [6.45, 7) is 4.11. The van der Waals surface area contributed by atoms with Crippen LogP contribution in [0.15, 0.2) is 78.0 Å². The quantitative estimate of drug-likeness (QED) is 0.269. The molecule has 0 unspecified atom stereocenters. The van der Waals surface area contributed by atoms with Gasteiger partial charge in [0.25, 0.3) is 0 Å². The molecule has 4 nitrogen and oxygen atoms in total. The Kier molecular flexibility index (Phi) is 6.02. The molecular weight excluding hydrogens is 414 g/mol. The van der Waals surface area contributed by atoms with E-state index < -0.39 is 0 Å². The smallest absolute Gasteiger partial charge is 0.196 e. The summed E-state index contributed by atoms with van der Waals surface area (Å²) in [7, 11) is 0. The molecule has 1 heterocycles. The fraction of sp³-hybridized carbons (Fsp3) is 0.125. The third-order valence-electron chi connectivity index (χ3n) is 4.75. The van der Waals surface area contributed by atoms with Crippen LogP contribution in [0.1, 0.15) is 21.5 Å². The highest BCUT2D eigenvalue weighted by Gasteiger charge is 2.19. The monoisotopic (exact) mass is 433 g/mol. The number of rotatable bonds is 6. The van der Waals surface area contributed by atoms with Gasteiger partial charge in [0.15, 0.2) is 16.8 Å². The molecule has 3 aromatic carbocycles. The van der Waals surface area contributed by atoms with Crippen LogP contribution >= 0.6 is 23.4 Å². The van der Waals surface area contributed by atoms with Crippen molar-refractivity contribution in [3.63, 3.8) is 0 Å². The average Bonchev–Trinajstić information content (AvgIpc) is 3.18. The molecule has 0 N–H and O–H groups in total. The molecule has 0 fully saturated rings. The van der Waals surface area contributed by atoms with Gasteiger partial charge in [-0.15, -0.1) is 10.2 Å². The lowest BCUT2D eigenvalue weighted by atomic mass is 10.1. The largest absolute Gasteiger partial charge is 0.293 e. The van der Waals surface area contributed by atoms with Crippen LogP contribution in [0, 0.1) is 13.8 Å². The van der Waals surface area contributed by atoms with Crippen molar-refractivity contribution in [2.75, 3.05) is 5.75 Å². The van der Waals surface area contributed by atoms with Crippen molar-refractivity contribution < 1.29 is 4.79 Å². The van der Waals surface area contributed by atoms with Gasteiger partial charge in [-0.2, -0.15) is 0 Å². The molecule has 0 radical (unpaired) electrons. The first-order valence-electron chi connectivity index (χ1n) is 9.53. The molecule has 4 aromatic rings. The fourth-order valence-electron chi connectivity index (χ4n) is 3.19. The highest BCUT2D eigenvalue weighted by Crippen LogP contribution is 2.31. The number of aromatic nitrogens is 3. The fourth-order valence-corrected chi connectivity index (χ4v) is 4.22. The number of aryl methyl sites for hydroxylation is 2. The van der Waals surface area contributed by atoms with Gasteiger partial charge >= 0.3 is 0 Å². The summed E-state index contributed by atoms with van der Waals surface area (Å²) >= 11 is 7.61. The zero-order chi connectivity index (χ0) is 21.1. The molecule has 0 amide bonds. The van der Waals surface area contributed by atoms with Crippen molar-refractivity contribution >= 4 is 29.1 Å². The van der Waals surface area contributed by atoms with E-state index in [0.717, 1.165) is 22.4 Å². The lowest BCUT2D eigenvalue weighted by molar-refractivity contribution is 0.102. The van der Waals surface area contributed by atoms with Gasteiger partial charge in [-0.05, 0) is 43.2 Å². The van der Waals surface area contributed by atoms with E-state index in [1.54, 1.807) is 0 Å². The average molecular weight is 434 g/mol. The van der Waals surface area contributed by atoms with Crippen molar-refractivity contribution in [3.05, 3.63) is 94.5 Å². The molecule has 0 atom stereocenters. The topological polar surface area (TPSA) is 47.8 Å². The number of halogens is 1. The second-order valence-corrected chi connectivity index (χ2v) is 8.40. The predicted octanol–water partition coefficient (Wildman–Crippen LogP) is 6.18. The molecule has 6 heteroatoms. The Bertz CT molecular complexity index is 1200. The second-order valence-electron chi connectivity index (χ2n) is 7.02. The molecule has 0 saturated heterocycles. The van der Waals surface area contributed by atoms with Gasteiger partial charge in [0.2, 0.25) is 0 Å². The Balaban J connectivity index is 1.75. The first-order chi connectivity index (χ1) is 14.5. The van der Waals surface area contributed by atoms with Gasteiger partial charge in [0, 0.05) is 16.1 Å². The number of hydrogen-bond donors (Lipinski definition) is 0.